The van der Waals surface area contributed by atoms with Gasteiger partial charge in [0.1, 0.15) is 11.0 Å². The van der Waals surface area contributed by atoms with Gasteiger partial charge in [0.25, 0.3) is 5.56 Å². The van der Waals surface area contributed by atoms with Gasteiger partial charge in [0.05, 0.1) is 28.7 Å². The number of furan rings is 1. The molecule has 42 heavy (non-hydrogen) atoms. The Kier molecular flexibility index (Phi) is 8.31. The van der Waals surface area contributed by atoms with Crippen molar-refractivity contribution in [3.63, 3.8) is 0 Å². The second kappa shape index (κ2) is 11.9. The number of hydrogen-bond acceptors (Lipinski definition) is 6. The third kappa shape index (κ3) is 5.61. The molecule has 0 spiro atoms. The molecular formula is C33H39N5O4. The highest BCUT2D eigenvalue weighted by atomic mass is 16.3. The van der Waals surface area contributed by atoms with Crippen molar-refractivity contribution in [2.75, 3.05) is 36.5 Å². The van der Waals surface area contributed by atoms with E-state index in [0.717, 1.165) is 47.6 Å². The summed E-state index contributed by atoms with van der Waals surface area (Å²) in [5.74, 6) is -0.387. The van der Waals surface area contributed by atoms with Crippen LogP contribution in [0.15, 0.2) is 70.3 Å². The first-order valence-electron chi connectivity index (χ1n) is 14.5. The maximum Gasteiger partial charge on any atom is 0.261 e. The lowest BCUT2D eigenvalue weighted by Crippen LogP contribution is -2.47. The Bertz CT molecular complexity index is 1670. The molecule has 0 radical (unpaired) electrons. The fraction of sp³-hybridized carbons (Fsp3) is 0.394. The fourth-order valence-corrected chi connectivity index (χ4v) is 5.71. The number of carbonyl (C=O) groups excluding carboxylic acids is 2. The molecule has 0 bridgehead atoms. The molecule has 0 N–H and O–H groups in total. The zero-order valence-electron chi connectivity index (χ0n) is 25.1. The van der Waals surface area contributed by atoms with Crippen LogP contribution in [0.5, 0.6) is 0 Å². The highest BCUT2D eigenvalue weighted by molar-refractivity contribution is 6.19. The van der Waals surface area contributed by atoms with E-state index in [4.69, 9.17) is 4.42 Å². The van der Waals surface area contributed by atoms with Crippen molar-refractivity contribution < 1.29 is 14.0 Å². The van der Waals surface area contributed by atoms with Gasteiger partial charge in [0.15, 0.2) is 0 Å². The predicted octanol–water partition coefficient (Wildman–Crippen LogP) is 4.79. The number of aryl methyl sites for hydroxylation is 2. The number of carbonyl (C=O) groups is 2. The average molecular weight is 570 g/mol. The second-order valence-corrected chi connectivity index (χ2v) is 11.5. The molecule has 5 rings (SSSR count). The van der Waals surface area contributed by atoms with Crippen molar-refractivity contribution in [1.29, 1.82) is 0 Å². The molecule has 0 fully saturated rings. The van der Waals surface area contributed by atoms with Gasteiger partial charge in [-0.2, -0.15) is 0 Å². The lowest BCUT2D eigenvalue weighted by atomic mass is 9.90. The summed E-state index contributed by atoms with van der Waals surface area (Å²) in [5.41, 5.74) is 4.20. The van der Waals surface area contributed by atoms with Crippen LogP contribution in [0.3, 0.4) is 0 Å². The second-order valence-electron chi connectivity index (χ2n) is 11.5. The minimum Gasteiger partial charge on any atom is -0.464 e. The van der Waals surface area contributed by atoms with Gasteiger partial charge >= 0.3 is 0 Å². The summed E-state index contributed by atoms with van der Waals surface area (Å²) >= 11 is 0. The summed E-state index contributed by atoms with van der Waals surface area (Å²) in [6, 6.07) is 13.6. The van der Waals surface area contributed by atoms with E-state index >= 15 is 0 Å². The SMILES string of the molecule is CCN1C(=O)C(C)(C)C(=O)N(C)c2cc(CCCN(CCn3ccc4occc4c3=O)Cc3ncccc3C)ccc21. The van der Waals surface area contributed by atoms with Gasteiger partial charge in [-0.25, -0.2) is 0 Å². The predicted molar refractivity (Wildman–Crippen MR) is 165 cm³/mol. The third-order valence-electron chi connectivity index (χ3n) is 8.31. The molecule has 0 atom stereocenters. The van der Waals surface area contributed by atoms with Gasteiger partial charge in [-0.1, -0.05) is 12.1 Å². The summed E-state index contributed by atoms with van der Waals surface area (Å²) in [5, 5.41) is 0.586. The van der Waals surface area contributed by atoms with Gasteiger partial charge in [-0.3, -0.25) is 24.3 Å². The van der Waals surface area contributed by atoms with Crippen LogP contribution in [0.4, 0.5) is 11.4 Å². The Hall–Kier alpha value is -4.24. The lowest BCUT2D eigenvalue weighted by Gasteiger charge is -2.27. The summed E-state index contributed by atoms with van der Waals surface area (Å²) in [6.07, 6.45) is 6.83. The third-order valence-corrected chi connectivity index (χ3v) is 8.31. The smallest absolute Gasteiger partial charge is 0.261 e. The molecule has 3 aromatic heterocycles. The van der Waals surface area contributed by atoms with Gasteiger partial charge in [-0.15, -0.1) is 0 Å². The van der Waals surface area contributed by atoms with Crippen molar-refractivity contribution >= 4 is 34.2 Å². The normalized spacial score (nSPS) is 15.0. The van der Waals surface area contributed by atoms with Crippen LogP contribution in [-0.4, -0.2) is 52.9 Å². The molecule has 9 heteroatoms. The van der Waals surface area contributed by atoms with E-state index in [1.54, 1.807) is 53.8 Å². The number of rotatable bonds is 10. The molecule has 2 amide bonds. The van der Waals surface area contributed by atoms with Crippen LogP contribution < -0.4 is 15.4 Å². The van der Waals surface area contributed by atoms with E-state index in [2.05, 4.69) is 28.9 Å². The Labute approximate surface area is 246 Å². The molecule has 1 aliphatic rings. The summed E-state index contributed by atoms with van der Waals surface area (Å²) < 4.78 is 7.11. The van der Waals surface area contributed by atoms with Crippen molar-refractivity contribution in [1.82, 2.24) is 14.5 Å². The number of anilines is 2. The lowest BCUT2D eigenvalue weighted by molar-refractivity contribution is -0.137. The van der Waals surface area contributed by atoms with Crippen molar-refractivity contribution in [3.8, 4) is 0 Å². The summed E-state index contributed by atoms with van der Waals surface area (Å²) in [7, 11) is 1.75. The Balaban J connectivity index is 1.32. The van der Waals surface area contributed by atoms with Crippen LogP contribution >= 0.6 is 0 Å². The molecule has 4 aromatic rings. The standard InChI is InChI=1S/C33H39N5O4/c1-6-38-27-12-11-24(21-28(27)35(5)31(40)33(3,4)32(38)41)10-8-16-36(22-26-23(2)9-7-15-34-26)18-19-37-17-13-29-25(30(37)39)14-20-42-29/h7,9,11-15,17,20-21H,6,8,10,16,18-19,22H2,1-5H3. The van der Waals surface area contributed by atoms with E-state index in [-0.39, 0.29) is 17.4 Å². The number of pyridine rings is 2. The molecule has 220 valence electrons. The van der Waals surface area contributed by atoms with Crippen LogP contribution in [-0.2, 0) is 29.1 Å². The zero-order valence-corrected chi connectivity index (χ0v) is 25.1. The molecule has 0 saturated heterocycles. The number of hydrogen-bond donors (Lipinski definition) is 0. The maximum atomic E-state index is 13.2. The largest absolute Gasteiger partial charge is 0.464 e. The first kappa shape index (κ1) is 29.3. The van der Waals surface area contributed by atoms with Gasteiger partial charge in [0.2, 0.25) is 11.8 Å². The number of aromatic nitrogens is 2. The molecule has 0 saturated carbocycles. The summed E-state index contributed by atoms with van der Waals surface area (Å²) in [6.45, 7) is 10.6. The van der Waals surface area contributed by atoms with Crippen LogP contribution in [0.25, 0.3) is 11.0 Å². The molecule has 0 unspecified atom stereocenters. The first-order chi connectivity index (χ1) is 20.1. The average Bonchev–Trinajstić information content (AvgIpc) is 3.46. The van der Waals surface area contributed by atoms with Crippen LogP contribution in [0.2, 0.25) is 0 Å². The van der Waals surface area contributed by atoms with Gasteiger partial charge in [-0.05, 0) is 88.5 Å². The topological polar surface area (TPSA) is 91.9 Å². The molecule has 0 aliphatic carbocycles. The minimum absolute atomic E-state index is 0.0540. The molecule has 4 heterocycles. The van der Waals surface area contributed by atoms with E-state index in [1.807, 2.05) is 37.4 Å². The highest BCUT2D eigenvalue weighted by Crippen LogP contribution is 2.38. The van der Waals surface area contributed by atoms with Gasteiger partial charge in [0, 0.05) is 45.6 Å². The highest BCUT2D eigenvalue weighted by Gasteiger charge is 2.45. The number of fused-ring (bicyclic) bond motifs is 2. The Morgan fingerprint density at radius 2 is 1.81 bits per heavy atom. The number of benzene rings is 1. The first-order valence-corrected chi connectivity index (χ1v) is 14.5. The Morgan fingerprint density at radius 3 is 2.57 bits per heavy atom. The summed E-state index contributed by atoms with van der Waals surface area (Å²) in [4.78, 5) is 49.6. The molecular weight excluding hydrogens is 530 g/mol. The van der Waals surface area contributed by atoms with Crippen molar-refractivity contribution in [3.05, 3.63) is 88.3 Å². The minimum atomic E-state index is -1.13. The quantitative estimate of drug-likeness (QED) is 0.255. The van der Waals surface area contributed by atoms with Crippen LogP contribution in [0.1, 0.15) is 44.0 Å². The zero-order chi connectivity index (χ0) is 30.0. The van der Waals surface area contributed by atoms with Crippen molar-refractivity contribution in [2.24, 2.45) is 5.41 Å². The van der Waals surface area contributed by atoms with E-state index in [0.29, 0.717) is 37.1 Å². The van der Waals surface area contributed by atoms with Crippen molar-refractivity contribution in [2.45, 2.75) is 53.6 Å². The number of nitrogens with zero attached hydrogens (tertiary/aromatic N) is 5. The monoisotopic (exact) mass is 569 g/mol. The van der Waals surface area contributed by atoms with Gasteiger partial charge < -0.3 is 18.8 Å². The Morgan fingerprint density at radius 1 is 1.00 bits per heavy atom. The van der Waals surface area contributed by atoms with Crippen LogP contribution in [0, 0.1) is 12.3 Å². The fourth-order valence-electron chi connectivity index (χ4n) is 5.71. The molecule has 1 aliphatic heterocycles. The molecule has 9 nitrogen and oxygen atoms in total. The van der Waals surface area contributed by atoms with E-state index in [9.17, 15) is 14.4 Å². The van der Waals surface area contributed by atoms with E-state index < -0.39 is 5.41 Å². The number of amides is 2. The van der Waals surface area contributed by atoms with E-state index in [1.165, 1.54) is 0 Å². The molecule has 1 aromatic carbocycles. The maximum absolute atomic E-state index is 13.2.